The molecule has 3 aromatic rings. The fraction of sp³-hybridized carbons (Fsp3) is 0.480. The van der Waals surface area contributed by atoms with E-state index >= 15 is 0 Å². The molecule has 0 saturated carbocycles. The Morgan fingerprint density at radius 1 is 1.21 bits per heavy atom. The smallest absolute Gasteiger partial charge is 0.410 e. The van der Waals surface area contributed by atoms with Gasteiger partial charge in [-0.15, -0.1) is 0 Å². The Hall–Kier alpha value is -3.29. The van der Waals surface area contributed by atoms with E-state index in [4.69, 9.17) is 9.47 Å². The number of ether oxygens (including phenoxy) is 2. The summed E-state index contributed by atoms with van der Waals surface area (Å²) in [6.07, 6.45) is 5.22. The minimum Gasteiger partial charge on any atom is -0.497 e. The monoisotopic (exact) mass is 451 g/mol. The zero-order chi connectivity index (χ0) is 23.6. The van der Waals surface area contributed by atoms with Crippen molar-refractivity contribution in [2.45, 2.75) is 64.6 Å². The molecule has 176 valence electrons. The number of aromatic nitrogens is 3. The molecular formula is C25H33N5O3. The molecule has 1 saturated heterocycles. The summed E-state index contributed by atoms with van der Waals surface area (Å²) in [5.41, 5.74) is 2.53. The predicted molar refractivity (Wildman–Crippen MR) is 129 cm³/mol. The normalized spacial score (nSPS) is 18.9. The van der Waals surface area contributed by atoms with E-state index in [2.05, 4.69) is 27.2 Å². The summed E-state index contributed by atoms with van der Waals surface area (Å²) in [5.74, 6) is 1.79. The topological polar surface area (TPSA) is 92.4 Å². The van der Waals surface area contributed by atoms with Gasteiger partial charge < -0.3 is 24.7 Å². The number of amides is 1. The number of nitrogens with zero attached hydrogens (tertiary/aromatic N) is 3. The van der Waals surface area contributed by atoms with Crippen molar-refractivity contribution in [1.82, 2.24) is 19.9 Å². The summed E-state index contributed by atoms with van der Waals surface area (Å²) in [6, 6.07) is 8.10. The van der Waals surface area contributed by atoms with E-state index in [1.54, 1.807) is 13.4 Å². The van der Waals surface area contributed by atoms with Crippen LogP contribution in [0.1, 0.15) is 57.6 Å². The lowest BCUT2D eigenvalue weighted by Gasteiger charge is -2.38. The molecule has 1 aromatic carbocycles. The van der Waals surface area contributed by atoms with E-state index < -0.39 is 5.60 Å². The maximum Gasteiger partial charge on any atom is 0.410 e. The fourth-order valence-electron chi connectivity index (χ4n) is 4.31. The highest BCUT2D eigenvalue weighted by atomic mass is 16.6. The number of methoxy groups -OCH3 is 1. The maximum absolute atomic E-state index is 12.8. The predicted octanol–water partition coefficient (Wildman–Crippen LogP) is 5.08. The Balaban J connectivity index is 1.56. The number of benzene rings is 1. The van der Waals surface area contributed by atoms with Crippen molar-refractivity contribution >= 4 is 22.9 Å². The van der Waals surface area contributed by atoms with Crippen molar-refractivity contribution in [1.29, 1.82) is 0 Å². The molecule has 3 heterocycles. The second-order valence-corrected chi connectivity index (χ2v) is 9.65. The maximum atomic E-state index is 12.8. The number of likely N-dealkylation sites (tertiary alicyclic amines) is 1. The molecule has 0 bridgehead atoms. The van der Waals surface area contributed by atoms with Crippen molar-refractivity contribution in [2.75, 3.05) is 19.0 Å². The van der Waals surface area contributed by atoms with Gasteiger partial charge in [-0.2, -0.15) is 0 Å². The number of carbonyl (C=O) groups excluding carboxylic acids is 1. The van der Waals surface area contributed by atoms with Crippen LogP contribution in [0.2, 0.25) is 0 Å². The number of anilines is 1. The van der Waals surface area contributed by atoms with Crippen LogP contribution in [0, 0.1) is 0 Å². The molecule has 33 heavy (non-hydrogen) atoms. The summed E-state index contributed by atoms with van der Waals surface area (Å²) in [6.45, 7) is 9.01. The Morgan fingerprint density at radius 2 is 1.97 bits per heavy atom. The first-order chi connectivity index (χ1) is 15.7. The van der Waals surface area contributed by atoms with E-state index in [0.29, 0.717) is 13.1 Å². The van der Waals surface area contributed by atoms with E-state index in [-0.39, 0.29) is 18.1 Å². The molecule has 1 aliphatic rings. The van der Waals surface area contributed by atoms with Gasteiger partial charge in [-0.3, -0.25) is 0 Å². The fourth-order valence-corrected chi connectivity index (χ4v) is 4.31. The van der Waals surface area contributed by atoms with Gasteiger partial charge in [-0.1, -0.05) is 12.1 Å². The summed E-state index contributed by atoms with van der Waals surface area (Å²) in [5, 5.41) is 4.44. The van der Waals surface area contributed by atoms with Crippen molar-refractivity contribution in [3.8, 4) is 5.75 Å². The number of hydrogen-bond acceptors (Lipinski definition) is 6. The molecule has 2 unspecified atom stereocenters. The van der Waals surface area contributed by atoms with Crippen LogP contribution < -0.4 is 10.1 Å². The summed E-state index contributed by atoms with van der Waals surface area (Å²) in [7, 11) is 1.66. The number of carbonyl (C=O) groups is 1. The average Bonchev–Trinajstić information content (AvgIpc) is 3.22. The van der Waals surface area contributed by atoms with Gasteiger partial charge >= 0.3 is 6.09 Å². The number of hydrogen-bond donors (Lipinski definition) is 2. The van der Waals surface area contributed by atoms with Crippen LogP contribution in [0.15, 0.2) is 36.8 Å². The Kier molecular flexibility index (Phi) is 6.44. The van der Waals surface area contributed by atoms with E-state index in [0.717, 1.165) is 46.6 Å². The van der Waals surface area contributed by atoms with Gasteiger partial charge in [0.25, 0.3) is 0 Å². The number of rotatable bonds is 5. The number of fused-ring (bicyclic) bond motifs is 1. The first-order valence-electron chi connectivity index (χ1n) is 11.4. The van der Waals surface area contributed by atoms with Gasteiger partial charge in [0.1, 0.15) is 29.1 Å². The molecule has 1 amide bonds. The molecule has 1 aliphatic heterocycles. The van der Waals surface area contributed by atoms with Gasteiger partial charge in [-0.25, -0.2) is 14.8 Å². The van der Waals surface area contributed by atoms with Crippen molar-refractivity contribution in [3.05, 3.63) is 47.9 Å². The minimum atomic E-state index is -0.517. The second kappa shape index (κ2) is 9.29. The molecule has 2 N–H and O–H groups in total. The molecule has 0 aliphatic carbocycles. The third kappa shape index (κ3) is 5.21. The quantitative estimate of drug-likeness (QED) is 0.562. The SMILES string of the molecule is COc1ccc(CNc2ncnc3[nH]cc(C4CCC(C)N(C(=O)OC(C)(C)C)C4)c23)cc1. The van der Waals surface area contributed by atoms with Crippen molar-refractivity contribution < 1.29 is 14.3 Å². The van der Waals surface area contributed by atoms with Gasteiger partial charge in [-0.05, 0) is 63.8 Å². The van der Waals surface area contributed by atoms with Crippen LogP contribution >= 0.6 is 0 Å². The van der Waals surface area contributed by atoms with Crippen LogP contribution in [0.25, 0.3) is 11.0 Å². The molecule has 4 rings (SSSR count). The summed E-state index contributed by atoms with van der Waals surface area (Å²) < 4.78 is 10.9. The number of aromatic amines is 1. The molecular weight excluding hydrogens is 418 g/mol. The molecule has 2 atom stereocenters. The van der Waals surface area contributed by atoms with E-state index in [9.17, 15) is 4.79 Å². The number of nitrogens with one attached hydrogen (secondary N) is 2. The van der Waals surface area contributed by atoms with Gasteiger partial charge in [0.05, 0.1) is 12.5 Å². The van der Waals surface area contributed by atoms with Crippen LogP contribution in [-0.4, -0.2) is 51.2 Å². The highest BCUT2D eigenvalue weighted by Crippen LogP contribution is 2.36. The highest BCUT2D eigenvalue weighted by molar-refractivity contribution is 5.91. The molecule has 0 radical (unpaired) electrons. The Bertz CT molecular complexity index is 1100. The van der Waals surface area contributed by atoms with Crippen molar-refractivity contribution in [3.63, 3.8) is 0 Å². The lowest BCUT2D eigenvalue weighted by atomic mass is 9.88. The van der Waals surface area contributed by atoms with Gasteiger partial charge in [0, 0.05) is 31.2 Å². The van der Waals surface area contributed by atoms with E-state index in [1.807, 2.05) is 56.1 Å². The van der Waals surface area contributed by atoms with Crippen LogP contribution in [-0.2, 0) is 11.3 Å². The first kappa shape index (κ1) is 22.9. The molecule has 8 nitrogen and oxygen atoms in total. The zero-order valence-corrected chi connectivity index (χ0v) is 20.0. The first-order valence-corrected chi connectivity index (χ1v) is 11.4. The summed E-state index contributed by atoms with van der Waals surface area (Å²) >= 11 is 0. The zero-order valence-electron chi connectivity index (χ0n) is 20.0. The third-order valence-electron chi connectivity index (χ3n) is 6.07. The third-order valence-corrected chi connectivity index (χ3v) is 6.07. The molecule has 8 heteroatoms. The Morgan fingerprint density at radius 3 is 2.67 bits per heavy atom. The minimum absolute atomic E-state index is 0.144. The Labute approximate surface area is 194 Å². The highest BCUT2D eigenvalue weighted by Gasteiger charge is 2.34. The number of piperidine rings is 1. The lowest BCUT2D eigenvalue weighted by molar-refractivity contribution is 0.00974. The molecule has 2 aromatic heterocycles. The van der Waals surface area contributed by atoms with Gasteiger partial charge in [0.15, 0.2) is 0 Å². The van der Waals surface area contributed by atoms with Crippen LogP contribution in [0.5, 0.6) is 5.75 Å². The van der Waals surface area contributed by atoms with E-state index in [1.165, 1.54) is 0 Å². The molecule has 1 fully saturated rings. The van der Waals surface area contributed by atoms with Crippen LogP contribution in [0.4, 0.5) is 10.6 Å². The number of H-pyrrole nitrogens is 1. The lowest BCUT2D eigenvalue weighted by Crippen LogP contribution is -2.47. The van der Waals surface area contributed by atoms with Crippen molar-refractivity contribution in [2.24, 2.45) is 0 Å². The molecule has 0 spiro atoms. The van der Waals surface area contributed by atoms with Gasteiger partial charge in [0.2, 0.25) is 0 Å². The summed E-state index contributed by atoms with van der Waals surface area (Å²) in [4.78, 5) is 26.9. The second-order valence-electron chi connectivity index (χ2n) is 9.65. The standard InChI is InChI=1S/C25H33N5O3/c1-16-6-9-18(14-30(16)24(31)33-25(2,3)4)20-13-27-23-21(20)22(28-15-29-23)26-12-17-7-10-19(32-5)11-8-17/h7-8,10-11,13,15-16,18H,6,9,12,14H2,1-5H3,(H2,26,27,28,29). The van der Waals surface area contributed by atoms with Crippen LogP contribution in [0.3, 0.4) is 0 Å². The average molecular weight is 452 g/mol. The largest absolute Gasteiger partial charge is 0.497 e.